The summed E-state index contributed by atoms with van der Waals surface area (Å²) < 4.78 is 0. The zero-order valence-corrected chi connectivity index (χ0v) is 11.0. The van der Waals surface area contributed by atoms with Crippen molar-refractivity contribution in [3.8, 4) is 11.8 Å². The number of aliphatic imine (C=N–C) groups is 2. The molecule has 6 heteroatoms. The molecule has 0 aromatic heterocycles. The second-order valence-corrected chi connectivity index (χ2v) is 4.21. The average Bonchev–Trinajstić information content (AvgIpc) is 2.38. The third-order valence-electron chi connectivity index (χ3n) is 2.16. The molecule has 2 N–H and O–H groups in total. The molecular weight excluding hydrogens is 246 g/mol. The summed E-state index contributed by atoms with van der Waals surface area (Å²) in [6.45, 7) is -0.344. The van der Waals surface area contributed by atoms with Gasteiger partial charge in [-0.2, -0.15) is 4.99 Å². The molecule has 0 radical (unpaired) electrons. The van der Waals surface area contributed by atoms with Crippen LogP contribution in [0.25, 0.3) is 0 Å². The molecule has 0 spiro atoms. The van der Waals surface area contributed by atoms with Gasteiger partial charge in [0.05, 0.1) is 24.6 Å². The number of hydrogen-bond donors (Lipinski definition) is 2. The number of aliphatic hydroxyl groups excluding tert-OH is 2. The van der Waals surface area contributed by atoms with Crippen LogP contribution in [0.4, 0.5) is 0 Å². The molecule has 1 aliphatic heterocycles. The number of amidine groups is 1. The summed E-state index contributed by atoms with van der Waals surface area (Å²) in [6, 6.07) is 0. The van der Waals surface area contributed by atoms with Gasteiger partial charge in [0.1, 0.15) is 5.84 Å². The fourth-order valence-electron chi connectivity index (χ4n) is 1.20. The van der Waals surface area contributed by atoms with Crippen molar-refractivity contribution in [1.29, 1.82) is 0 Å². The van der Waals surface area contributed by atoms with E-state index < -0.39 is 12.0 Å². The summed E-state index contributed by atoms with van der Waals surface area (Å²) in [4.78, 5) is 21.3. The van der Waals surface area contributed by atoms with Gasteiger partial charge in [0.2, 0.25) is 0 Å². The van der Waals surface area contributed by atoms with Gasteiger partial charge in [-0.3, -0.25) is 4.79 Å². The Balaban J connectivity index is 2.61. The van der Waals surface area contributed by atoms with Crippen molar-refractivity contribution in [3.05, 3.63) is 11.6 Å². The first-order valence-corrected chi connectivity index (χ1v) is 5.83. The van der Waals surface area contributed by atoms with Crippen LogP contribution >= 0.6 is 0 Å². The number of nitrogens with zero attached hydrogens (tertiary/aromatic N) is 3. The highest BCUT2D eigenvalue weighted by atomic mass is 16.3. The first-order valence-electron chi connectivity index (χ1n) is 5.83. The Morgan fingerprint density at radius 2 is 2.37 bits per heavy atom. The van der Waals surface area contributed by atoms with E-state index in [9.17, 15) is 4.79 Å². The summed E-state index contributed by atoms with van der Waals surface area (Å²) in [7, 11) is 3.65. The third-order valence-corrected chi connectivity index (χ3v) is 2.16. The van der Waals surface area contributed by atoms with Crippen LogP contribution in [0.3, 0.4) is 0 Å². The SMILES string of the molecule is CN(C)C=NC1=NC(=O)C(C#CC[C@H](O)CO)=CC1. The fourth-order valence-corrected chi connectivity index (χ4v) is 1.20. The maximum Gasteiger partial charge on any atom is 0.286 e. The lowest BCUT2D eigenvalue weighted by Gasteiger charge is -2.06. The van der Waals surface area contributed by atoms with Crippen molar-refractivity contribution in [1.82, 2.24) is 4.90 Å². The molecule has 102 valence electrons. The summed E-state index contributed by atoms with van der Waals surface area (Å²) in [6.07, 6.45) is 2.93. The maximum absolute atomic E-state index is 11.6. The molecule has 0 aromatic rings. The Morgan fingerprint density at radius 1 is 1.63 bits per heavy atom. The molecule has 1 atom stereocenters. The molecule has 0 saturated carbocycles. The predicted octanol–water partition coefficient (Wildman–Crippen LogP) is -0.422. The summed E-state index contributed by atoms with van der Waals surface area (Å²) >= 11 is 0. The van der Waals surface area contributed by atoms with E-state index in [1.54, 1.807) is 17.3 Å². The van der Waals surface area contributed by atoms with E-state index in [1.807, 2.05) is 14.1 Å². The second-order valence-electron chi connectivity index (χ2n) is 4.21. The normalized spacial score (nSPS) is 16.5. The molecule has 0 aliphatic carbocycles. The number of dihydropyridines is 1. The van der Waals surface area contributed by atoms with E-state index in [0.717, 1.165) is 0 Å². The predicted molar refractivity (Wildman–Crippen MR) is 72.8 cm³/mol. The smallest absolute Gasteiger partial charge is 0.286 e. The van der Waals surface area contributed by atoms with Gasteiger partial charge in [-0.1, -0.05) is 17.9 Å². The van der Waals surface area contributed by atoms with Gasteiger partial charge >= 0.3 is 0 Å². The van der Waals surface area contributed by atoms with E-state index >= 15 is 0 Å². The van der Waals surface area contributed by atoms with Crippen LogP contribution < -0.4 is 0 Å². The minimum absolute atomic E-state index is 0.122. The lowest BCUT2D eigenvalue weighted by atomic mass is 10.1. The van der Waals surface area contributed by atoms with Crippen LogP contribution in [0, 0.1) is 11.8 Å². The summed E-state index contributed by atoms with van der Waals surface area (Å²) in [5.74, 6) is 5.30. The van der Waals surface area contributed by atoms with Gasteiger partial charge in [-0.25, -0.2) is 4.99 Å². The Morgan fingerprint density at radius 3 is 2.95 bits per heavy atom. The van der Waals surface area contributed by atoms with E-state index in [2.05, 4.69) is 21.8 Å². The highest BCUT2D eigenvalue weighted by Crippen LogP contribution is 2.08. The molecule has 0 aromatic carbocycles. The first-order chi connectivity index (χ1) is 9.02. The zero-order valence-electron chi connectivity index (χ0n) is 11.0. The van der Waals surface area contributed by atoms with Crippen molar-refractivity contribution >= 4 is 18.1 Å². The molecule has 1 rings (SSSR count). The van der Waals surface area contributed by atoms with Gasteiger partial charge in [0, 0.05) is 26.9 Å². The zero-order chi connectivity index (χ0) is 14.3. The topological polar surface area (TPSA) is 85.5 Å². The number of aliphatic hydroxyl groups is 2. The van der Waals surface area contributed by atoms with Crippen molar-refractivity contribution < 1.29 is 15.0 Å². The average molecular weight is 263 g/mol. The van der Waals surface area contributed by atoms with Crippen molar-refractivity contribution in [2.75, 3.05) is 20.7 Å². The Labute approximate surface area is 112 Å². The van der Waals surface area contributed by atoms with Gasteiger partial charge in [-0.05, 0) is 0 Å². The van der Waals surface area contributed by atoms with Crippen LogP contribution in [-0.2, 0) is 4.79 Å². The number of amides is 1. The monoisotopic (exact) mass is 263 g/mol. The Kier molecular flexibility index (Phi) is 5.93. The summed E-state index contributed by atoms with van der Waals surface area (Å²) in [5.41, 5.74) is 0.300. The first kappa shape index (κ1) is 15.1. The lowest BCUT2D eigenvalue weighted by Crippen LogP contribution is -2.13. The van der Waals surface area contributed by atoms with Gasteiger partial charge < -0.3 is 15.1 Å². The van der Waals surface area contributed by atoms with Crippen molar-refractivity contribution in [3.63, 3.8) is 0 Å². The van der Waals surface area contributed by atoms with E-state index in [4.69, 9.17) is 10.2 Å². The van der Waals surface area contributed by atoms with Gasteiger partial charge in [-0.15, -0.1) is 0 Å². The van der Waals surface area contributed by atoms with Crippen LogP contribution in [0.5, 0.6) is 0 Å². The Hall–Kier alpha value is -1.97. The van der Waals surface area contributed by atoms with E-state index in [1.165, 1.54) is 0 Å². The molecule has 1 aliphatic rings. The quantitative estimate of drug-likeness (QED) is 0.411. The van der Waals surface area contributed by atoms with Crippen molar-refractivity contribution in [2.45, 2.75) is 18.9 Å². The van der Waals surface area contributed by atoms with Crippen LogP contribution in [0.1, 0.15) is 12.8 Å². The van der Waals surface area contributed by atoms with Gasteiger partial charge in [0.15, 0.2) is 0 Å². The number of carbonyl (C=O) groups is 1. The molecule has 0 saturated heterocycles. The lowest BCUT2D eigenvalue weighted by molar-refractivity contribution is -0.114. The van der Waals surface area contributed by atoms with Crippen LogP contribution in [0.15, 0.2) is 21.6 Å². The highest BCUT2D eigenvalue weighted by molar-refractivity contribution is 6.09. The number of carbonyl (C=O) groups excluding carboxylic acids is 1. The molecule has 0 bridgehead atoms. The molecular formula is C13H17N3O3. The molecule has 0 fully saturated rings. The molecule has 6 nitrogen and oxygen atoms in total. The van der Waals surface area contributed by atoms with E-state index in [-0.39, 0.29) is 13.0 Å². The minimum Gasteiger partial charge on any atom is -0.394 e. The molecule has 19 heavy (non-hydrogen) atoms. The largest absolute Gasteiger partial charge is 0.394 e. The third kappa shape index (κ3) is 5.46. The van der Waals surface area contributed by atoms with E-state index in [0.29, 0.717) is 17.8 Å². The maximum atomic E-state index is 11.6. The fraction of sp³-hybridized carbons (Fsp3) is 0.462. The number of rotatable bonds is 3. The van der Waals surface area contributed by atoms with Crippen LogP contribution in [0.2, 0.25) is 0 Å². The highest BCUT2D eigenvalue weighted by Gasteiger charge is 2.13. The second kappa shape index (κ2) is 7.46. The Bertz CT molecular complexity index is 481. The number of hydrogen-bond acceptors (Lipinski definition) is 4. The van der Waals surface area contributed by atoms with Crippen molar-refractivity contribution in [2.24, 2.45) is 9.98 Å². The molecule has 1 amide bonds. The summed E-state index contributed by atoms with van der Waals surface area (Å²) in [5, 5.41) is 17.7. The van der Waals surface area contributed by atoms with Crippen LogP contribution in [-0.4, -0.2) is 60.0 Å². The molecule has 1 heterocycles. The van der Waals surface area contributed by atoms with Gasteiger partial charge in [0.25, 0.3) is 5.91 Å². The minimum atomic E-state index is -0.879. The molecule has 0 unspecified atom stereocenters. The standard InChI is InChI=1S/C13H17N3O3/c1-16(2)9-14-12-7-6-10(13(19)15-12)4-3-5-11(18)8-17/h6,9,11,17-18H,5,7-8H2,1-2H3/t11-/m0/s1.